The number of methoxy groups -OCH3 is 1. The van der Waals surface area contributed by atoms with Gasteiger partial charge in [0.15, 0.2) is 0 Å². The van der Waals surface area contributed by atoms with Gasteiger partial charge in [-0.15, -0.1) is 0 Å². The van der Waals surface area contributed by atoms with Gasteiger partial charge in [0, 0.05) is 23.0 Å². The fraction of sp³-hybridized carbons (Fsp3) is 0.318. The van der Waals surface area contributed by atoms with Crippen LogP contribution in [0.3, 0.4) is 0 Å². The summed E-state index contributed by atoms with van der Waals surface area (Å²) in [5.74, 6) is 0.983. The van der Waals surface area contributed by atoms with Crippen LogP contribution >= 0.6 is 0 Å². The Balaban J connectivity index is 1.49. The highest BCUT2D eigenvalue weighted by molar-refractivity contribution is 5.87. The largest absolute Gasteiger partial charge is 0.497 e. The van der Waals surface area contributed by atoms with Crippen LogP contribution in [0.2, 0.25) is 0 Å². The molecule has 1 heterocycles. The lowest BCUT2D eigenvalue weighted by Gasteiger charge is -2.24. The molecule has 1 aromatic heterocycles. The summed E-state index contributed by atoms with van der Waals surface area (Å²) in [6.45, 7) is 0. The van der Waals surface area contributed by atoms with Crippen molar-refractivity contribution in [1.82, 2.24) is 10.3 Å². The molecule has 0 radical (unpaired) electrons. The molecular formula is C22H24N2O2. The summed E-state index contributed by atoms with van der Waals surface area (Å²) in [7, 11) is 1.69. The van der Waals surface area contributed by atoms with E-state index >= 15 is 0 Å². The lowest BCUT2D eigenvalue weighted by Crippen LogP contribution is -2.31. The third-order valence-corrected chi connectivity index (χ3v) is 5.23. The number of rotatable bonds is 5. The number of amides is 1. The SMILES string of the molecule is COc1ccc2[nH]c3c(c2c1)CCC[C@@H]3NC(=O)CCc1ccccc1. The molecule has 0 aliphatic heterocycles. The molecule has 26 heavy (non-hydrogen) atoms. The van der Waals surface area contributed by atoms with E-state index in [9.17, 15) is 4.79 Å². The maximum atomic E-state index is 12.5. The summed E-state index contributed by atoms with van der Waals surface area (Å²) >= 11 is 0. The van der Waals surface area contributed by atoms with Crippen LogP contribution in [0.5, 0.6) is 5.75 Å². The van der Waals surface area contributed by atoms with Crippen molar-refractivity contribution in [2.75, 3.05) is 7.11 Å². The van der Waals surface area contributed by atoms with Crippen LogP contribution in [-0.2, 0) is 17.6 Å². The molecule has 2 aromatic carbocycles. The van der Waals surface area contributed by atoms with Crippen molar-refractivity contribution in [3.05, 3.63) is 65.4 Å². The molecule has 4 heteroatoms. The number of benzene rings is 2. The van der Waals surface area contributed by atoms with Crippen LogP contribution in [-0.4, -0.2) is 18.0 Å². The first-order valence-corrected chi connectivity index (χ1v) is 9.26. The van der Waals surface area contributed by atoms with Gasteiger partial charge in [0.25, 0.3) is 0 Å². The van der Waals surface area contributed by atoms with E-state index in [4.69, 9.17) is 4.74 Å². The summed E-state index contributed by atoms with van der Waals surface area (Å²) < 4.78 is 5.36. The standard InChI is InChI=1S/C22H24N2O2/c1-26-16-11-12-19-18(14-16)17-8-5-9-20(22(17)24-19)23-21(25)13-10-15-6-3-2-4-7-15/h2-4,6-7,11-12,14,20,24H,5,8-10,13H2,1H3,(H,23,25)/t20-/m0/s1. The van der Waals surface area contributed by atoms with Crippen LogP contribution < -0.4 is 10.1 Å². The number of aryl methyl sites for hydroxylation is 2. The third kappa shape index (κ3) is 3.32. The van der Waals surface area contributed by atoms with E-state index in [1.54, 1.807) is 7.11 Å². The number of hydrogen-bond acceptors (Lipinski definition) is 2. The Kier molecular flexibility index (Phi) is 4.65. The second-order valence-corrected chi connectivity index (χ2v) is 6.93. The molecule has 4 nitrogen and oxygen atoms in total. The van der Waals surface area contributed by atoms with Gasteiger partial charge in [-0.25, -0.2) is 0 Å². The van der Waals surface area contributed by atoms with Gasteiger partial charge in [-0.3, -0.25) is 4.79 Å². The monoisotopic (exact) mass is 348 g/mol. The van der Waals surface area contributed by atoms with Gasteiger partial charge in [-0.2, -0.15) is 0 Å². The highest BCUT2D eigenvalue weighted by Crippen LogP contribution is 2.36. The Labute approximate surface area is 153 Å². The van der Waals surface area contributed by atoms with Crippen LogP contribution in [0, 0.1) is 0 Å². The van der Waals surface area contributed by atoms with Gasteiger partial charge < -0.3 is 15.0 Å². The average Bonchev–Trinajstić information content (AvgIpc) is 3.06. The quantitative estimate of drug-likeness (QED) is 0.722. The molecule has 0 bridgehead atoms. The normalized spacial score (nSPS) is 16.3. The zero-order valence-electron chi connectivity index (χ0n) is 15.0. The summed E-state index contributed by atoms with van der Waals surface area (Å²) in [5, 5.41) is 4.44. The van der Waals surface area contributed by atoms with E-state index in [1.807, 2.05) is 24.3 Å². The number of aromatic amines is 1. The summed E-state index contributed by atoms with van der Waals surface area (Å²) in [5.41, 5.74) is 4.79. The zero-order chi connectivity index (χ0) is 17.9. The van der Waals surface area contributed by atoms with E-state index in [-0.39, 0.29) is 11.9 Å². The number of aromatic nitrogens is 1. The smallest absolute Gasteiger partial charge is 0.220 e. The molecular weight excluding hydrogens is 324 g/mol. The maximum Gasteiger partial charge on any atom is 0.220 e. The van der Waals surface area contributed by atoms with E-state index in [0.717, 1.165) is 42.6 Å². The Hall–Kier alpha value is -2.75. The molecule has 0 saturated carbocycles. The minimum Gasteiger partial charge on any atom is -0.497 e. The second-order valence-electron chi connectivity index (χ2n) is 6.93. The average molecular weight is 348 g/mol. The highest BCUT2D eigenvalue weighted by atomic mass is 16.5. The molecule has 0 unspecified atom stereocenters. The number of H-pyrrole nitrogens is 1. The minimum absolute atomic E-state index is 0.0698. The molecule has 1 amide bonds. The van der Waals surface area contributed by atoms with Crippen LogP contribution in [0.4, 0.5) is 0 Å². The molecule has 1 aliphatic rings. The van der Waals surface area contributed by atoms with Crippen molar-refractivity contribution >= 4 is 16.8 Å². The molecule has 1 aliphatic carbocycles. The molecule has 134 valence electrons. The van der Waals surface area contributed by atoms with Gasteiger partial charge in [0.2, 0.25) is 5.91 Å². The summed E-state index contributed by atoms with van der Waals surface area (Å²) in [6, 6.07) is 16.3. The second kappa shape index (κ2) is 7.24. The number of carbonyl (C=O) groups excluding carboxylic acids is 1. The van der Waals surface area contributed by atoms with Crippen molar-refractivity contribution in [1.29, 1.82) is 0 Å². The molecule has 4 rings (SSSR count). The predicted octanol–water partition coefficient (Wildman–Crippen LogP) is 4.30. The van der Waals surface area contributed by atoms with Crippen molar-refractivity contribution in [2.45, 2.75) is 38.1 Å². The van der Waals surface area contributed by atoms with E-state index in [2.05, 4.69) is 34.6 Å². The van der Waals surface area contributed by atoms with Gasteiger partial charge in [0.1, 0.15) is 5.75 Å². The summed E-state index contributed by atoms with van der Waals surface area (Å²) in [4.78, 5) is 16.0. The van der Waals surface area contributed by atoms with Crippen molar-refractivity contribution in [2.24, 2.45) is 0 Å². The Bertz CT molecular complexity index is 915. The third-order valence-electron chi connectivity index (χ3n) is 5.23. The van der Waals surface area contributed by atoms with Gasteiger partial charge >= 0.3 is 0 Å². The van der Waals surface area contributed by atoms with Gasteiger partial charge in [-0.1, -0.05) is 30.3 Å². The molecule has 1 atom stereocenters. The van der Waals surface area contributed by atoms with Crippen molar-refractivity contribution < 1.29 is 9.53 Å². The van der Waals surface area contributed by atoms with E-state index in [0.29, 0.717) is 6.42 Å². The first-order valence-electron chi connectivity index (χ1n) is 9.26. The Morgan fingerprint density at radius 2 is 2.08 bits per heavy atom. The molecule has 0 spiro atoms. The minimum atomic E-state index is 0.0698. The fourth-order valence-electron chi connectivity index (χ4n) is 3.88. The van der Waals surface area contributed by atoms with Gasteiger partial charge in [-0.05, 0) is 55.0 Å². The van der Waals surface area contributed by atoms with Crippen LogP contribution in [0.25, 0.3) is 10.9 Å². The number of hydrogen-bond donors (Lipinski definition) is 2. The zero-order valence-corrected chi connectivity index (χ0v) is 15.0. The van der Waals surface area contributed by atoms with Crippen molar-refractivity contribution in [3.8, 4) is 5.75 Å². The first kappa shape index (κ1) is 16.7. The summed E-state index contributed by atoms with van der Waals surface area (Å²) in [6.07, 6.45) is 4.40. The Morgan fingerprint density at radius 1 is 1.23 bits per heavy atom. The van der Waals surface area contributed by atoms with Gasteiger partial charge in [0.05, 0.1) is 13.2 Å². The molecule has 2 N–H and O–H groups in total. The Morgan fingerprint density at radius 3 is 2.88 bits per heavy atom. The molecule has 3 aromatic rings. The number of ether oxygens (including phenoxy) is 1. The highest BCUT2D eigenvalue weighted by Gasteiger charge is 2.25. The molecule has 0 fully saturated rings. The fourth-order valence-corrected chi connectivity index (χ4v) is 3.88. The van der Waals surface area contributed by atoms with E-state index in [1.165, 1.54) is 16.5 Å². The topological polar surface area (TPSA) is 54.1 Å². The number of carbonyl (C=O) groups is 1. The predicted molar refractivity (Wildman–Crippen MR) is 103 cm³/mol. The number of fused-ring (bicyclic) bond motifs is 3. The lowest BCUT2D eigenvalue weighted by atomic mass is 9.91. The van der Waals surface area contributed by atoms with Crippen LogP contribution in [0.15, 0.2) is 48.5 Å². The van der Waals surface area contributed by atoms with Crippen LogP contribution in [0.1, 0.15) is 42.1 Å². The number of nitrogens with one attached hydrogen (secondary N) is 2. The lowest BCUT2D eigenvalue weighted by molar-refractivity contribution is -0.121. The maximum absolute atomic E-state index is 12.5. The molecule has 0 saturated heterocycles. The first-order chi connectivity index (χ1) is 12.7. The van der Waals surface area contributed by atoms with Crippen molar-refractivity contribution in [3.63, 3.8) is 0 Å². The van der Waals surface area contributed by atoms with E-state index < -0.39 is 0 Å².